The van der Waals surface area contributed by atoms with Crippen molar-refractivity contribution < 1.29 is 9.47 Å². The van der Waals surface area contributed by atoms with Crippen LogP contribution in [-0.2, 0) is 6.54 Å². The lowest BCUT2D eigenvalue weighted by Crippen LogP contribution is -2.27. The molecule has 0 aliphatic heterocycles. The van der Waals surface area contributed by atoms with Crippen LogP contribution in [0.5, 0.6) is 11.5 Å². The van der Waals surface area contributed by atoms with Gasteiger partial charge in [-0.2, -0.15) is 11.8 Å². The van der Waals surface area contributed by atoms with E-state index in [1.54, 1.807) is 14.2 Å². The molecule has 0 saturated heterocycles. The van der Waals surface area contributed by atoms with Gasteiger partial charge in [0.1, 0.15) is 11.5 Å². The maximum atomic E-state index is 5.24. The van der Waals surface area contributed by atoms with Gasteiger partial charge in [0.15, 0.2) is 0 Å². The predicted molar refractivity (Wildman–Crippen MR) is 74.2 cm³/mol. The first-order valence-electron chi connectivity index (χ1n) is 5.64. The molecule has 1 unspecified atom stereocenters. The van der Waals surface area contributed by atoms with E-state index in [9.17, 15) is 0 Å². The minimum atomic E-state index is 0.502. The van der Waals surface area contributed by atoms with Gasteiger partial charge in [-0.1, -0.05) is 0 Å². The molecule has 1 atom stereocenters. The SMILES string of the molecule is COc1cc(CNC(C)CSC)cc(OC)c1. The second-order valence-corrected chi connectivity index (χ2v) is 4.87. The Labute approximate surface area is 108 Å². The number of benzene rings is 1. The monoisotopic (exact) mass is 255 g/mol. The fourth-order valence-electron chi connectivity index (χ4n) is 1.57. The van der Waals surface area contributed by atoms with Crippen LogP contribution in [0.2, 0.25) is 0 Å². The molecule has 0 spiro atoms. The maximum Gasteiger partial charge on any atom is 0.122 e. The van der Waals surface area contributed by atoms with Crippen molar-refractivity contribution in [3.8, 4) is 11.5 Å². The summed E-state index contributed by atoms with van der Waals surface area (Å²) >= 11 is 1.85. The van der Waals surface area contributed by atoms with E-state index in [1.807, 2.05) is 30.0 Å². The van der Waals surface area contributed by atoms with Crippen molar-refractivity contribution in [1.29, 1.82) is 0 Å². The van der Waals surface area contributed by atoms with Crippen LogP contribution in [0.25, 0.3) is 0 Å². The Bertz CT molecular complexity index is 322. The van der Waals surface area contributed by atoms with E-state index >= 15 is 0 Å². The largest absolute Gasteiger partial charge is 0.497 e. The molecule has 0 radical (unpaired) electrons. The number of methoxy groups -OCH3 is 2. The van der Waals surface area contributed by atoms with Gasteiger partial charge in [0.2, 0.25) is 0 Å². The van der Waals surface area contributed by atoms with Crippen molar-refractivity contribution in [1.82, 2.24) is 5.32 Å². The van der Waals surface area contributed by atoms with Crippen molar-refractivity contribution in [3.05, 3.63) is 23.8 Å². The minimum absolute atomic E-state index is 0.502. The van der Waals surface area contributed by atoms with E-state index in [0.717, 1.165) is 23.8 Å². The fraction of sp³-hybridized carbons (Fsp3) is 0.538. The van der Waals surface area contributed by atoms with Gasteiger partial charge in [-0.25, -0.2) is 0 Å². The van der Waals surface area contributed by atoms with E-state index in [-0.39, 0.29) is 0 Å². The molecule has 4 heteroatoms. The molecular formula is C13H21NO2S. The Morgan fingerprint density at radius 1 is 1.18 bits per heavy atom. The van der Waals surface area contributed by atoms with Crippen molar-refractivity contribution in [2.24, 2.45) is 0 Å². The van der Waals surface area contributed by atoms with Crippen molar-refractivity contribution in [2.45, 2.75) is 19.5 Å². The van der Waals surface area contributed by atoms with Gasteiger partial charge in [0.05, 0.1) is 14.2 Å². The highest BCUT2D eigenvalue weighted by atomic mass is 32.2. The Hall–Kier alpha value is -0.870. The molecule has 0 bridgehead atoms. The van der Waals surface area contributed by atoms with Gasteiger partial charge < -0.3 is 14.8 Å². The number of ether oxygens (including phenoxy) is 2. The molecule has 0 amide bonds. The lowest BCUT2D eigenvalue weighted by Gasteiger charge is -2.13. The first-order valence-corrected chi connectivity index (χ1v) is 7.03. The van der Waals surface area contributed by atoms with E-state index in [2.05, 4.69) is 18.5 Å². The Balaban J connectivity index is 2.63. The summed E-state index contributed by atoms with van der Waals surface area (Å²) in [6, 6.07) is 6.44. The van der Waals surface area contributed by atoms with Gasteiger partial charge in [-0.15, -0.1) is 0 Å². The third kappa shape index (κ3) is 4.88. The van der Waals surface area contributed by atoms with E-state index in [0.29, 0.717) is 6.04 Å². The Morgan fingerprint density at radius 2 is 1.76 bits per heavy atom. The molecule has 17 heavy (non-hydrogen) atoms. The zero-order chi connectivity index (χ0) is 12.7. The van der Waals surface area contributed by atoms with Gasteiger partial charge in [0, 0.05) is 24.4 Å². The van der Waals surface area contributed by atoms with Crippen LogP contribution in [0.3, 0.4) is 0 Å². The summed E-state index contributed by atoms with van der Waals surface area (Å²) in [5.74, 6) is 2.78. The first-order chi connectivity index (χ1) is 8.19. The summed E-state index contributed by atoms with van der Waals surface area (Å²) in [5.41, 5.74) is 1.18. The van der Waals surface area contributed by atoms with Crippen LogP contribution in [0, 0.1) is 0 Å². The molecular weight excluding hydrogens is 234 g/mol. The number of nitrogens with one attached hydrogen (secondary N) is 1. The zero-order valence-corrected chi connectivity index (χ0v) is 11.8. The summed E-state index contributed by atoms with van der Waals surface area (Å²) in [4.78, 5) is 0. The van der Waals surface area contributed by atoms with Crippen LogP contribution in [0.15, 0.2) is 18.2 Å². The third-order valence-electron chi connectivity index (χ3n) is 2.48. The zero-order valence-electron chi connectivity index (χ0n) is 10.9. The Morgan fingerprint density at radius 3 is 2.24 bits per heavy atom. The molecule has 1 aromatic carbocycles. The minimum Gasteiger partial charge on any atom is -0.497 e. The molecule has 0 heterocycles. The van der Waals surface area contributed by atoms with Crippen LogP contribution in [0.1, 0.15) is 12.5 Å². The van der Waals surface area contributed by atoms with Gasteiger partial charge in [-0.3, -0.25) is 0 Å². The molecule has 0 saturated carbocycles. The lowest BCUT2D eigenvalue weighted by atomic mass is 10.2. The first kappa shape index (κ1) is 14.2. The number of rotatable bonds is 7. The number of thioether (sulfide) groups is 1. The van der Waals surface area contributed by atoms with Crippen LogP contribution < -0.4 is 14.8 Å². The number of hydrogen-bond donors (Lipinski definition) is 1. The summed E-state index contributed by atoms with van der Waals surface area (Å²) in [7, 11) is 3.34. The normalized spacial score (nSPS) is 12.2. The molecule has 1 rings (SSSR count). The van der Waals surface area contributed by atoms with Gasteiger partial charge in [-0.05, 0) is 30.9 Å². The van der Waals surface area contributed by atoms with E-state index in [1.165, 1.54) is 5.56 Å². The van der Waals surface area contributed by atoms with Crippen LogP contribution >= 0.6 is 11.8 Å². The highest BCUT2D eigenvalue weighted by Gasteiger charge is 2.04. The lowest BCUT2D eigenvalue weighted by molar-refractivity contribution is 0.393. The second kappa shape index (κ2) is 7.45. The molecule has 1 N–H and O–H groups in total. The Kier molecular flexibility index (Phi) is 6.22. The van der Waals surface area contributed by atoms with Crippen molar-refractivity contribution in [3.63, 3.8) is 0 Å². The molecule has 3 nitrogen and oxygen atoms in total. The highest BCUT2D eigenvalue weighted by Crippen LogP contribution is 2.22. The quantitative estimate of drug-likeness (QED) is 0.811. The highest BCUT2D eigenvalue weighted by molar-refractivity contribution is 7.98. The molecule has 0 aromatic heterocycles. The molecule has 96 valence electrons. The summed E-state index contributed by atoms with van der Waals surface area (Å²) in [6.07, 6.45) is 2.12. The smallest absolute Gasteiger partial charge is 0.122 e. The molecule has 0 aliphatic rings. The summed E-state index contributed by atoms with van der Waals surface area (Å²) in [5, 5.41) is 3.47. The maximum absolute atomic E-state index is 5.24. The standard InChI is InChI=1S/C13H21NO2S/c1-10(9-17-4)14-8-11-5-12(15-2)7-13(6-11)16-3/h5-7,10,14H,8-9H2,1-4H3. The average Bonchev–Trinajstić information content (AvgIpc) is 2.36. The predicted octanol–water partition coefficient (Wildman–Crippen LogP) is 2.54. The van der Waals surface area contributed by atoms with Crippen LogP contribution in [0.4, 0.5) is 0 Å². The number of hydrogen-bond acceptors (Lipinski definition) is 4. The third-order valence-corrected chi connectivity index (χ3v) is 3.32. The van der Waals surface area contributed by atoms with Crippen molar-refractivity contribution in [2.75, 3.05) is 26.2 Å². The van der Waals surface area contributed by atoms with Gasteiger partial charge >= 0.3 is 0 Å². The van der Waals surface area contributed by atoms with Gasteiger partial charge in [0.25, 0.3) is 0 Å². The summed E-state index contributed by atoms with van der Waals surface area (Å²) in [6.45, 7) is 3.02. The van der Waals surface area contributed by atoms with Crippen LogP contribution in [-0.4, -0.2) is 32.3 Å². The molecule has 0 aliphatic carbocycles. The molecule has 0 fully saturated rings. The van der Waals surface area contributed by atoms with Crippen molar-refractivity contribution >= 4 is 11.8 Å². The second-order valence-electron chi connectivity index (χ2n) is 3.96. The summed E-state index contributed by atoms with van der Waals surface area (Å²) < 4.78 is 10.5. The average molecular weight is 255 g/mol. The molecule has 1 aromatic rings. The fourth-order valence-corrected chi connectivity index (χ4v) is 2.19. The van der Waals surface area contributed by atoms with E-state index < -0.39 is 0 Å². The topological polar surface area (TPSA) is 30.5 Å². The van der Waals surface area contributed by atoms with E-state index in [4.69, 9.17) is 9.47 Å².